The normalized spacial score (nSPS) is 14.5. The van der Waals surface area contributed by atoms with Crippen molar-refractivity contribution in [1.29, 1.82) is 0 Å². The molecule has 2 heterocycles. The predicted molar refractivity (Wildman–Crippen MR) is 82.3 cm³/mol. The predicted octanol–water partition coefficient (Wildman–Crippen LogP) is 3.74. The van der Waals surface area contributed by atoms with E-state index in [1.165, 1.54) is 12.8 Å². The Labute approximate surface area is 123 Å². The SMILES string of the molecule is CN(Cc1cc2ccccc2o1)c1ccnc(C2CC2)n1. The number of furan rings is 1. The zero-order valence-corrected chi connectivity index (χ0v) is 12.0. The minimum absolute atomic E-state index is 0.574. The van der Waals surface area contributed by atoms with Crippen molar-refractivity contribution in [3.05, 3.63) is 54.2 Å². The lowest BCUT2D eigenvalue weighted by Crippen LogP contribution is -2.18. The van der Waals surface area contributed by atoms with E-state index in [1.54, 1.807) is 0 Å². The molecule has 4 rings (SSSR count). The molecule has 1 fully saturated rings. The summed E-state index contributed by atoms with van der Waals surface area (Å²) in [5.74, 6) is 3.45. The smallest absolute Gasteiger partial charge is 0.134 e. The Bertz CT molecular complexity index is 743. The van der Waals surface area contributed by atoms with Gasteiger partial charge in [-0.25, -0.2) is 9.97 Å². The number of hydrogen-bond acceptors (Lipinski definition) is 4. The molecule has 0 radical (unpaired) electrons. The first-order valence-electron chi connectivity index (χ1n) is 7.31. The van der Waals surface area contributed by atoms with Crippen molar-refractivity contribution >= 4 is 16.8 Å². The van der Waals surface area contributed by atoms with Crippen LogP contribution in [0.1, 0.15) is 30.3 Å². The van der Waals surface area contributed by atoms with Crippen LogP contribution in [0.4, 0.5) is 5.82 Å². The van der Waals surface area contributed by atoms with E-state index in [9.17, 15) is 0 Å². The van der Waals surface area contributed by atoms with E-state index in [1.807, 2.05) is 37.5 Å². The molecule has 1 saturated carbocycles. The van der Waals surface area contributed by atoms with Crippen LogP contribution in [-0.4, -0.2) is 17.0 Å². The Hall–Kier alpha value is -2.36. The third-order valence-corrected chi connectivity index (χ3v) is 3.86. The van der Waals surface area contributed by atoms with Crippen molar-refractivity contribution in [3.63, 3.8) is 0 Å². The maximum atomic E-state index is 5.87. The van der Waals surface area contributed by atoms with Crippen molar-refractivity contribution in [3.8, 4) is 0 Å². The monoisotopic (exact) mass is 279 g/mol. The fraction of sp³-hybridized carbons (Fsp3) is 0.294. The molecule has 0 spiro atoms. The second-order valence-electron chi connectivity index (χ2n) is 5.65. The first kappa shape index (κ1) is 12.4. The number of rotatable bonds is 4. The van der Waals surface area contributed by atoms with Gasteiger partial charge in [0.05, 0.1) is 6.54 Å². The largest absolute Gasteiger partial charge is 0.459 e. The van der Waals surface area contributed by atoms with E-state index < -0.39 is 0 Å². The summed E-state index contributed by atoms with van der Waals surface area (Å²) < 4.78 is 5.87. The van der Waals surface area contributed by atoms with Crippen LogP contribution in [0.15, 0.2) is 47.0 Å². The Morgan fingerprint density at radius 1 is 1.24 bits per heavy atom. The van der Waals surface area contributed by atoms with Gasteiger partial charge in [-0.3, -0.25) is 0 Å². The van der Waals surface area contributed by atoms with Crippen LogP contribution in [0.3, 0.4) is 0 Å². The van der Waals surface area contributed by atoms with Crippen molar-refractivity contribution in [2.45, 2.75) is 25.3 Å². The molecule has 106 valence electrons. The Kier molecular flexibility index (Phi) is 2.88. The molecule has 3 aromatic rings. The maximum Gasteiger partial charge on any atom is 0.134 e. The maximum absolute atomic E-state index is 5.87. The van der Waals surface area contributed by atoms with E-state index in [0.29, 0.717) is 12.5 Å². The van der Waals surface area contributed by atoms with E-state index in [0.717, 1.165) is 28.4 Å². The molecule has 0 aliphatic heterocycles. The van der Waals surface area contributed by atoms with E-state index >= 15 is 0 Å². The summed E-state index contributed by atoms with van der Waals surface area (Å²) in [5.41, 5.74) is 0.933. The van der Waals surface area contributed by atoms with Crippen molar-refractivity contribution in [2.75, 3.05) is 11.9 Å². The van der Waals surface area contributed by atoms with Gasteiger partial charge < -0.3 is 9.32 Å². The molecule has 0 N–H and O–H groups in total. The molecule has 1 aliphatic rings. The summed E-state index contributed by atoms with van der Waals surface area (Å²) in [6, 6.07) is 12.1. The number of anilines is 1. The van der Waals surface area contributed by atoms with Crippen LogP contribution in [0.2, 0.25) is 0 Å². The first-order valence-corrected chi connectivity index (χ1v) is 7.31. The van der Waals surface area contributed by atoms with Crippen LogP contribution in [0.25, 0.3) is 11.0 Å². The van der Waals surface area contributed by atoms with Crippen LogP contribution < -0.4 is 4.90 Å². The van der Waals surface area contributed by atoms with E-state index in [-0.39, 0.29) is 0 Å². The van der Waals surface area contributed by atoms with Gasteiger partial charge in [-0.05, 0) is 31.0 Å². The van der Waals surface area contributed by atoms with Gasteiger partial charge in [0, 0.05) is 24.5 Å². The number of hydrogen-bond donors (Lipinski definition) is 0. The highest BCUT2D eigenvalue weighted by atomic mass is 16.3. The molecule has 4 nitrogen and oxygen atoms in total. The highest BCUT2D eigenvalue weighted by molar-refractivity contribution is 5.77. The van der Waals surface area contributed by atoms with Gasteiger partial charge in [0.2, 0.25) is 0 Å². The molecule has 2 aromatic heterocycles. The van der Waals surface area contributed by atoms with Crippen LogP contribution in [0, 0.1) is 0 Å². The number of nitrogens with zero attached hydrogens (tertiary/aromatic N) is 3. The Morgan fingerprint density at radius 2 is 2.10 bits per heavy atom. The molecule has 0 atom stereocenters. The quantitative estimate of drug-likeness (QED) is 0.729. The molecular formula is C17H17N3O. The second-order valence-corrected chi connectivity index (χ2v) is 5.65. The van der Waals surface area contributed by atoms with Gasteiger partial charge in [-0.15, -0.1) is 0 Å². The van der Waals surface area contributed by atoms with E-state index in [4.69, 9.17) is 4.42 Å². The summed E-state index contributed by atoms with van der Waals surface area (Å²) >= 11 is 0. The molecule has 0 unspecified atom stereocenters. The van der Waals surface area contributed by atoms with Gasteiger partial charge in [0.15, 0.2) is 0 Å². The van der Waals surface area contributed by atoms with Crippen LogP contribution >= 0.6 is 0 Å². The number of aromatic nitrogens is 2. The summed E-state index contributed by atoms with van der Waals surface area (Å²) in [5, 5.41) is 1.14. The fourth-order valence-corrected chi connectivity index (χ4v) is 2.54. The minimum Gasteiger partial charge on any atom is -0.459 e. The van der Waals surface area contributed by atoms with E-state index in [2.05, 4.69) is 27.0 Å². The molecule has 4 heteroatoms. The fourth-order valence-electron chi connectivity index (χ4n) is 2.54. The van der Waals surface area contributed by atoms with Gasteiger partial charge in [0.1, 0.15) is 23.0 Å². The van der Waals surface area contributed by atoms with Gasteiger partial charge in [-0.1, -0.05) is 18.2 Å². The molecular weight excluding hydrogens is 262 g/mol. The van der Waals surface area contributed by atoms with Gasteiger partial charge in [0.25, 0.3) is 0 Å². The lowest BCUT2D eigenvalue weighted by Gasteiger charge is -2.16. The zero-order valence-electron chi connectivity index (χ0n) is 12.0. The lowest BCUT2D eigenvalue weighted by molar-refractivity contribution is 0.545. The molecule has 21 heavy (non-hydrogen) atoms. The minimum atomic E-state index is 0.574. The number of para-hydroxylation sites is 1. The van der Waals surface area contributed by atoms with Gasteiger partial charge in [-0.2, -0.15) is 0 Å². The van der Waals surface area contributed by atoms with Crippen molar-refractivity contribution < 1.29 is 4.42 Å². The first-order chi connectivity index (χ1) is 10.3. The van der Waals surface area contributed by atoms with Crippen LogP contribution in [0.5, 0.6) is 0 Å². The standard InChI is InChI=1S/C17H17N3O/c1-20(16-8-9-18-17(19-16)12-6-7-12)11-14-10-13-4-2-3-5-15(13)21-14/h2-5,8-10,12H,6-7,11H2,1H3. The Balaban J connectivity index is 1.56. The molecule has 0 bridgehead atoms. The topological polar surface area (TPSA) is 42.2 Å². The molecule has 1 aliphatic carbocycles. The van der Waals surface area contributed by atoms with Gasteiger partial charge >= 0.3 is 0 Å². The molecule has 1 aromatic carbocycles. The number of fused-ring (bicyclic) bond motifs is 1. The third kappa shape index (κ3) is 2.49. The summed E-state index contributed by atoms with van der Waals surface area (Å²) in [7, 11) is 2.03. The average molecular weight is 279 g/mol. The summed E-state index contributed by atoms with van der Waals surface area (Å²) in [4.78, 5) is 11.1. The lowest BCUT2D eigenvalue weighted by atomic mass is 10.2. The average Bonchev–Trinajstić information content (AvgIpc) is 3.28. The highest BCUT2D eigenvalue weighted by Gasteiger charge is 2.26. The summed E-state index contributed by atoms with van der Waals surface area (Å²) in [6.45, 7) is 0.704. The Morgan fingerprint density at radius 3 is 2.90 bits per heavy atom. The second kappa shape index (κ2) is 4.88. The third-order valence-electron chi connectivity index (χ3n) is 3.86. The van der Waals surface area contributed by atoms with Crippen molar-refractivity contribution in [1.82, 2.24) is 9.97 Å². The molecule has 0 saturated heterocycles. The summed E-state index contributed by atoms with van der Waals surface area (Å²) in [6.07, 6.45) is 4.29. The number of benzene rings is 1. The van der Waals surface area contributed by atoms with Crippen molar-refractivity contribution in [2.24, 2.45) is 0 Å². The van der Waals surface area contributed by atoms with Crippen LogP contribution in [-0.2, 0) is 6.54 Å². The highest BCUT2D eigenvalue weighted by Crippen LogP contribution is 2.38. The zero-order chi connectivity index (χ0) is 14.2. The molecule has 0 amide bonds.